The molecule has 6 aliphatic rings. The minimum absolute atomic E-state index is 0.0430. The number of allylic oxidation sites excluding steroid dienone is 11. The summed E-state index contributed by atoms with van der Waals surface area (Å²) in [4.78, 5) is 41.7. The number of hydrogen-bond donors (Lipinski definition) is 3. The van der Waals surface area contributed by atoms with Crippen molar-refractivity contribution in [2.75, 3.05) is 46.8 Å². The Morgan fingerprint density at radius 2 is 1.64 bits per heavy atom. The van der Waals surface area contributed by atoms with E-state index in [0.717, 1.165) is 57.2 Å². The molecule has 0 radical (unpaired) electrons. The Labute approximate surface area is 310 Å². The van der Waals surface area contributed by atoms with Crippen molar-refractivity contribution in [2.24, 2.45) is 32.7 Å². The molecule has 8 bridgehead atoms. The fourth-order valence-electron chi connectivity index (χ4n) is 7.70. The number of rotatable bonds is 14. The SMILES string of the molecule is C=CC1=C(C)C2=NC1=CC1=NC(=CC3=C(C)C4=C(O)[C@H](C(=O)OCCOCCOCCO)C(=C5NC(=C2)[C@@H](C)[C@@H]5CCC(=O)OC)C4=N3)C(CC)=C1C. The quantitative estimate of drug-likeness (QED) is 0.153. The van der Waals surface area contributed by atoms with Crippen LogP contribution in [0.25, 0.3) is 0 Å². The van der Waals surface area contributed by atoms with Crippen LogP contribution < -0.4 is 5.32 Å². The number of hydrogen-bond acceptors (Lipinski definition) is 12. The molecule has 6 rings (SSSR count). The lowest BCUT2D eigenvalue weighted by atomic mass is 9.84. The summed E-state index contributed by atoms with van der Waals surface area (Å²) in [6, 6.07) is 0. The second kappa shape index (κ2) is 16.0. The summed E-state index contributed by atoms with van der Waals surface area (Å²) in [5.41, 5.74) is 11.5. The minimum Gasteiger partial charge on any atom is -0.510 e. The van der Waals surface area contributed by atoms with E-state index in [1.54, 1.807) is 0 Å². The lowest BCUT2D eigenvalue weighted by Gasteiger charge is -2.20. The van der Waals surface area contributed by atoms with Gasteiger partial charge in [0.2, 0.25) is 0 Å². The van der Waals surface area contributed by atoms with Crippen LogP contribution >= 0.6 is 0 Å². The van der Waals surface area contributed by atoms with Gasteiger partial charge in [-0.2, -0.15) is 0 Å². The molecular weight excluding hydrogens is 676 g/mol. The Hall–Kier alpha value is -4.91. The number of aliphatic hydroxyl groups excluding tert-OH is 2. The van der Waals surface area contributed by atoms with Crippen molar-refractivity contribution in [3.63, 3.8) is 0 Å². The summed E-state index contributed by atoms with van der Waals surface area (Å²) < 4.78 is 21.5. The number of carbonyl (C=O) groups excluding carboxylic acids is 2. The number of aliphatic hydroxyl groups is 2. The van der Waals surface area contributed by atoms with Crippen LogP contribution in [0.3, 0.4) is 0 Å². The first kappa shape index (κ1) is 37.8. The fraction of sp³-hybridized carbons (Fsp3) is 0.439. The van der Waals surface area contributed by atoms with Crippen molar-refractivity contribution >= 4 is 29.1 Å². The van der Waals surface area contributed by atoms with E-state index in [2.05, 4.69) is 32.7 Å². The highest BCUT2D eigenvalue weighted by molar-refractivity contribution is 6.24. The molecule has 53 heavy (non-hydrogen) atoms. The predicted octanol–water partition coefficient (Wildman–Crippen LogP) is 5.59. The van der Waals surface area contributed by atoms with E-state index in [0.29, 0.717) is 46.9 Å². The number of nitrogens with one attached hydrogen (secondary N) is 1. The van der Waals surface area contributed by atoms with E-state index >= 15 is 0 Å². The van der Waals surface area contributed by atoms with Crippen molar-refractivity contribution in [1.29, 1.82) is 0 Å². The van der Waals surface area contributed by atoms with E-state index in [1.165, 1.54) is 7.11 Å². The van der Waals surface area contributed by atoms with Gasteiger partial charge in [0.25, 0.3) is 0 Å². The van der Waals surface area contributed by atoms with Crippen molar-refractivity contribution in [1.82, 2.24) is 5.32 Å². The molecule has 0 aromatic heterocycles. The predicted molar refractivity (Wildman–Crippen MR) is 202 cm³/mol. The van der Waals surface area contributed by atoms with Gasteiger partial charge in [-0.05, 0) is 74.1 Å². The topological polar surface area (TPSA) is 161 Å². The summed E-state index contributed by atoms with van der Waals surface area (Å²) in [6.45, 7) is 15.0. The second-order valence-corrected chi connectivity index (χ2v) is 13.6. The Kier molecular flexibility index (Phi) is 11.4. The monoisotopic (exact) mass is 724 g/mol. The number of nitrogens with zero attached hydrogens (tertiary/aromatic N) is 3. The lowest BCUT2D eigenvalue weighted by Crippen LogP contribution is -2.26. The first-order chi connectivity index (χ1) is 25.5. The maximum Gasteiger partial charge on any atom is 0.321 e. The third kappa shape index (κ3) is 7.10. The van der Waals surface area contributed by atoms with E-state index in [4.69, 9.17) is 39.0 Å². The van der Waals surface area contributed by atoms with E-state index < -0.39 is 11.9 Å². The second-order valence-electron chi connectivity index (χ2n) is 13.6. The van der Waals surface area contributed by atoms with Gasteiger partial charge in [0, 0.05) is 46.4 Å². The molecule has 1 aliphatic carbocycles. The molecule has 3 atom stereocenters. The summed E-state index contributed by atoms with van der Waals surface area (Å²) in [6.07, 6.45) is 9.11. The molecule has 1 fully saturated rings. The number of carbonyl (C=O) groups is 2. The van der Waals surface area contributed by atoms with Gasteiger partial charge in [-0.1, -0.05) is 26.5 Å². The summed E-state index contributed by atoms with van der Waals surface area (Å²) in [5.74, 6) is -2.68. The number of aliphatic imine (C=N–C) groups is 3. The van der Waals surface area contributed by atoms with Gasteiger partial charge in [0.05, 0.1) is 74.4 Å². The number of esters is 2. The van der Waals surface area contributed by atoms with Gasteiger partial charge in [0.15, 0.2) is 0 Å². The maximum absolute atomic E-state index is 14.0. The Balaban J connectivity index is 1.49. The highest BCUT2D eigenvalue weighted by atomic mass is 16.6. The van der Waals surface area contributed by atoms with Gasteiger partial charge in [0.1, 0.15) is 18.3 Å². The normalized spacial score (nSPS) is 23.3. The van der Waals surface area contributed by atoms with Gasteiger partial charge in [-0.15, -0.1) is 0 Å². The zero-order valence-corrected chi connectivity index (χ0v) is 31.3. The fourth-order valence-corrected chi connectivity index (χ4v) is 7.70. The zero-order chi connectivity index (χ0) is 38.0. The van der Waals surface area contributed by atoms with Crippen molar-refractivity contribution in [3.05, 3.63) is 104 Å². The van der Waals surface area contributed by atoms with Gasteiger partial charge >= 0.3 is 11.9 Å². The van der Waals surface area contributed by atoms with Crippen LogP contribution in [0.4, 0.5) is 0 Å². The first-order valence-corrected chi connectivity index (χ1v) is 18.2. The van der Waals surface area contributed by atoms with E-state index in [-0.39, 0.29) is 63.0 Å². The molecule has 0 spiro atoms. The highest BCUT2D eigenvalue weighted by Crippen LogP contribution is 2.49. The van der Waals surface area contributed by atoms with Crippen molar-refractivity contribution in [3.8, 4) is 0 Å². The van der Waals surface area contributed by atoms with Crippen LogP contribution in [0, 0.1) is 17.8 Å². The molecule has 5 heterocycles. The van der Waals surface area contributed by atoms with Crippen molar-refractivity contribution < 1.29 is 38.7 Å². The molecule has 5 aliphatic heterocycles. The summed E-state index contributed by atoms with van der Waals surface area (Å²) in [5, 5.41) is 24.5. The molecular formula is C41H48N4O8. The van der Waals surface area contributed by atoms with Crippen LogP contribution in [-0.4, -0.2) is 86.0 Å². The molecule has 12 heteroatoms. The Morgan fingerprint density at radius 1 is 0.943 bits per heavy atom. The van der Waals surface area contributed by atoms with Crippen LogP contribution in [0.2, 0.25) is 0 Å². The molecule has 0 saturated carbocycles. The average molecular weight is 725 g/mol. The minimum atomic E-state index is -1.16. The number of methoxy groups -OCH3 is 1. The van der Waals surface area contributed by atoms with E-state index in [9.17, 15) is 14.7 Å². The molecule has 0 amide bonds. The molecule has 0 unspecified atom stereocenters. The largest absolute Gasteiger partial charge is 0.510 e. The number of ether oxygens (including phenoxy) is 4. The Bertz CT molecular complexity index is 1980. The molecule has 0 aromatic carbocycles. The zero-order valence-electron chi connectivity index (χ0n) is 31.3. The van der Waals surface area contributed by atoms with Crippen LogP contribution in [0.1, 0.15) is 53.9 Å². The highest BCUT2D eigenvalue weighted by Gasteiger charge is 2.49. The van der Waals surface area contributed by atoms with Gasteiger partial charge < -0.3 is 34.5 Å². The smallest absolute Gasteiger partial charge is 0.321 e. The maximum atomic E-state index is 14.0. The molecule has 12 nitrogen and oxygen atoms in total. The van der Waals surface area contributed by atoms with E-state index in [1.807, 2.05) is 38.2 Å². The lowest BCUT2D eigenvalue weighted by molar-refractivity contribution is -0.148. The first-order valence-electron chi connectivity index (χ1n) is 18.2. The third-order valence-corrected chi connectivity index (χ3v) is 10.6. The summed E-state index contributed by atoms with van der Waals surface area (Å²) in [7, 11) is 1.37. The average Bonchev–Trinajstić information content (AvgIpc) is 3.88. The van der Waals surface area contributed by atoms with Crippen LogP contribution in [0.5, 0.6) is 0 Å². The summed E-state index contributed by atoms with van der Waals surface area (Å²) >= 11 is 0. The van der Waals surface area contributed by atoms with Crippen LogP contribution in [-0.2, 0) is 28.5 Å². The number of fused-ring (bicyclic) bond motifs is 5. The molecule has 3 N–H and O–H groups in total. The van der Waals surface area contributed by atoms with Crippen molar-refractivity contribution in [2.45, 2.75) is 53.9 Å². The Morgan fingerprint density at radius 3 is 2.34 bits per heavy atom. The molecule has 1 saturated heterocycles. The van der Waals surface area contributed by atoms with Gasteiger partial charge in [-0.25, -0.2) is 15.0 Å². The molecule has 0 aromatic rings. The van der Waals surface area contributed by atoms with Crippen LogP contribution in [0.15, 0.2) is 119 Å². The van der Waals surface area contributed by atoms with Gasteiger partial charge in [-0.3, -0.25) is 9.59 Å². The standard InChI is InChI=1S/C41H48N4O8/c1-8-25-21(3)28-18-30-23(5)27(10-11-34(47)50-7)38(44-30)36-37(41(49)53-17-16-52-15-14-51-13-12-46)40(48)35-24(6)31(45-39(35)36)20-33-26(9-2)22(4)29(43-33)19-32(25)42-28/h8,18-20,23,27,37,44,46,48H,1,9-17H2,2-7H3/t23-,27-,37+/m0/s1. The molecule has 280 valence electrons. The third-order valence-electron chi connectivity index (χ3n) is 10.6.